The predicted octanol–water partition coefficient (Wildman–Crippen LogP) is 3.83. The van der Waals surface area contributed by atoms with E-state index in [-0.39, 0.29) is 11.2 Å². The molecule has 0 spiro atoms. The average molecular weight is 373 g/mol. The summed E-state index contributed by atoms with van der Waals surface area (Å²) in [6, 6.07) is 4.63. The van der Waals surface area contributed by atoms with Crippen LogP contribution in [0.2, 0.25) is 5.02 Å². The molecule has 23 heavy (non-hydrogen) atoms. The normalized spacial score (nSPS) is 16.7. The Labute approximate surface area is 149 Å². The van der Waals surface area contributed by atoms with E-state index in [4.69, 9.17) is 23.8 Å². The number of rotatable bonds is 2. The van der Waals surface area contributed by atoms with Crippen molar-refractivity contribution in [3.05, 3.63) is 33.3 Å². The summed E-state index contributed by atoms with van der Waals surface area (Å²) >= 11 is 12.6. The molecule has 1 N–H and O–H groups in total. The molecule has 0 bridgehead atoms. The number of hydrogen-bond donors (Lipinski definition) is 1. The Morgan fingerprint density at radius 3 is 2.83 bits per heavy atom. The van der Waals surface area contributed by atoms with Gasteiger partial charge in [-0.15, -0.1) is 0 Å². The van der Waals surface area contributed by atoms with E-state index in [9.17, 15) is 10.1 Å². The van der Waals surface area contributed by atoms with E-state index in [0.717, 1.165) is 5.75 Å². The molecule has 0 aliphatic carbocycles. The molecule has 1 fully saturated rings. The summed E-state index contributed by atoms with van der Waals surface area (Å²) in [5, 5.41) is 15.7. The van der Waals surface area contributed by atoms with Crippen LogP contribution in [-0.4, -0.2) is 33.0 Å². The summed E-state index contributed by atoms with van der Waals surface area (Å²) in [5.74, 6) is 0.788. The molecule has 0 aromatic heterocycles. The largest absolute Gasteiger partial charge is 0.356 e. The number of nitrogens with one attached hydrogen (secondary N) is 1. The number of thioether (sulfide) groups is 1. The van der Waals surface area contributed by atoms with E-state index in [1.807, 2.05) is 20.8 Å². The van der Waals surface area contributed by atoms with Crippen molar-refractivity contribution in [2.24, 2.45) is 4.99 Å². The number of nitro groups is 1. The van der Waals surface area contributed by atoms with Gasteiger partial charge in [0.05, 0.1) is 4.92 Å². The zero-order valence-electron chi connectivity index (χ0n) is 13.0. The molecule has 1 aromatic carbocycles. The van der Waals surface area contributed by atoms with Crippen LogP contribution in [0.1, 0.15) is 20.8 Å². The number of hydrogen-bond acceptors (Lipinski definition) is 4. The van der Waals surface area contributed by atoms with E-state index in [1.54, 1.807) is 17.0 Å². The van der Waals surface area contributed by atoms with Gasteiger partial charge >= 0.3 is 0 Å². The lowest BCUT2D eigenvalue weighted by Crippen LogP contribution is -2.39. The lowest BCUT2D eigenvalue weighted by atomic mass is 10.1. The van der Waals surface area contributed by atoms with Gasteiger partial charge < -0.3 is 10.2 Å². The molecule has 1 saturated heterocycles. The molecule has 124 valence electrons. The summed E-state index contributed by atoms with van der Waals surface area (Å²) < 4.78 is 0. The average Bonchev–Trinajstić information content (AvgIpc) is 2.84. The van der Waals surface area contributed by atoms with Crippen molar-refractivity contribution in [1.82, 2.24) is 5.32 Å². The molecule has 1 aliphatic heterocycles. The summed E-state index contributed by atoms with van der Waals surface area (Å²) in [6.07, 6.45) is 0. The monoisotopic (exact) mass is 372 g/mol. The third-order valence-electron chi connectivity index (χ3n) is 2.88. The van der Waals surface area contributed by atoms with Gasteiger partial charge in [0.1, 0.15) is 5.69 Å². The van der Waals surface area contributed by atoms with Gasteiger partial charge in [0.25, 0.3) is 5.69 Å². The lowest BCUT2D eigenvalue weighted by molar-refractivity contribution is -0.384. The van der Waals surface area contributed by atoms with Gasteiger partial charge in [-0.2, -0.15) is 4.99 Å². The van der Waals surface area contributed by atoms with Crippen LogP contribution < -0.4 is 10.2 Å². The molecule has 1 aromatic rings. The van der Waals surface area contributed by atoms with Gasteiger partial charge in [-0.3, -0.25) is 10.1 Å². The van der Waals surface area contributed by atoms with Gasteiger partial charge in [0.2, 0.25) is 0 Å². The fraction of sp³-hybridized carbons (Fsp3) is 0.429. The molecule has 0 unspecified atom stereocenters. The van der Waals surface area contributed by atoms with Crippen LogP contribution in [0.25, 0.3) is 0 Å². The second kappa shape index (κ2) is 7.02. The summed E-state index contributed by atoms with van der Waals surface area (Å²) in [4.78, 5) is 17.1. The van der Waals surface area contributed by atoms with Crippen molar-refractivity contribution >= 4 is 57.2 Å². The fourth-order valence-corrected chi connectivity index (χ4v) is 3.60. The zero-order valence-corrected chi connectivity index (χ0v) is 15.4. The summed E-state index contributed by atoms with van der Waals surface area (Å²) in [5.41, 5.74) is 0.241. The summed E-state index contributed by atoms with van der Waals surface area (Å²) in [6.45, 7) is 6.60. The van der Waals surface area contributed by atoms with E-state index < -0.39 is 4.92 Å². The number of benzene rings is 1. The fourth-order valence-electron chi connectivity index (χ4n) is 2.02. The molecule has 0 amide bonds. The predicted molar refractivity (Wildman–Crippen MR) is 101 cm³/mol. The Balaban J connectivity index is 2.33. The second-order valence-electron chi connectivity index (χ2n) is 5.96. The first-order valence-corrected chi connectivity index (χ1v) is 8.70. The number of amidine groups is 1. The highest BCUT2D eigenvalue weighted by atomic mass is 35.5. The Hall–Kier alpha value is -1.38. The molecule has 9 heteroatoms. The third kappa shape index (κ3) is 4.79. The first kappa shape index (κ1) is 18.0. The van der Waals surface area contributed by atoms with Gasteiger partial charge in [-0.25, -0.2) is 0 Å². The number of aliphatic imine (C=N–C) groups is 1. The van der Waals surface area contributed by atoms with Crippen molar-refractivity contribution < 1.29 is 4.92 Å². The van der Waals surface area contributed by atoms with Gasteiger partial charge in [-0.1, -0.05) is 23.4 Å². The number of halogens is 1. The molecule has 0 atom stereocenters. The highest BCUT2D eigenvalue weighted by Crippen LogP contribution is 2.35. The van der Waals surface area contributed by atoms with Crippen molar-refractivity contribution in [2.45, 2.75) is 26.3 Å². The minimum Gasteiger partial charge on any atom is -0.356 e. The third-order valence-corrected chi connectivity index (χ3v) is 4.27. The first-order chi connectivity index (χ1) is 10.7. The van der Waals surface area contributed by atoms with Crippen molar-refractivity contribution in [3.8, 4) is 0 Å². The van der Waals surface area contributed by atoms with Crippen LogP contribution in [0, 0.1) is 10.1 Å². The minimum absolute atomic E-state index is 0.0394. The molecule has 0 saturated carbocycles. The van der Waals surface area contributed by atoms with Crippen molar-refractivity contribution in [2.75, 3.05) is 17.2 Å². The highest BCUT2D eigenvalue weighted by molar-refractivity contribution is 8.14. The molecular formula is C14H17ClN4O2S2. The maximum atomic E-state index is 11.3. The number of nitrogens with zero attached hydrogens (tertiary/aromatic N) is 3. The topological polar surface area (TPSA) is 70.8 Å². The number of nitro benzene ring substituents is 1. The minimum atomic E-state index is -0.437. The van der Waals surface area contributed by atoms with E-state index >= 15 is 0 Å². The molecule has 6 nitrogen and oxygen atoms in total. The second-order valence-corrected chi connectivity index (χ2v) is 7.85. The van der Waals surface area contributed by atoms with Crippen LogP contribution in [0.5, 0.6) is 0 Å². The molecule has 0 radical (unpaired) electrons. The van der Waals surface area contributed by atoms with Crippen molar-refractivity contribution in [1.29, 1.82) is 0 Å². The van der Waals surface area contributed by atoms with Crippen molar-refractivity contribution in [3.63, 3.8) is 0 Å². The Morgan fingerprint density at radius 1 is 1.52 bits per heavy atom. The van der Waals surface area contributed by atoms with Crippen LogP contribution in [0.3, 0.4) is 0 Å². The standard InChI is InChI=1S/C14H17ClN4O2S2/c1-14(2,3)17-12(22)16-13-18(6-7-23-13)10-5-4-9(15)8-11(10)19(20)21/h4-5,8H,6-7H2,1-3H3,(H,17,22). The van der Waals surface area contributed by atoms with Gasteiger partial charge in [0.15, 0.2) is 10.3 Å². The molecule has 1 aliphatic rings. The van der Waals surface area contributed by atoms with Crippen LogP contribution >= 0.6 is 35.6 Å². The first-order valence-electron chi connectivity index (χ1n) is 6.92. The molecular weight excluding hydrogens is 356 g/mol. The lowest BCUT2D eigenvalue weighted by Gasteiger charge is -2.22. The Bertz CT molecular complexity index is 673. The zero-order chi connectivity index (χ0) is 17.2. The Morgan fingerprint density at radius 2 is 2.22 bits per heavy atom. The van der Waals surface area contributed by atoms with E-state index in [2.05, 4.69) is 10.3 Å². The summed E-state index contributed by atoms with van der Waals surface area (Å²) in [7, 11) is 0. The molecule has 1 heterocycles. The quantitative estimate of drug-likeness (QED) is 0.483. The van der Waals surface area contributed by atoms with Gasteiger partial charge in [-0.05, 0) is 45.1 Å². The number of anilines is 1. The van der Waals surface area contributed by atoms with Crippen LogP contribution in [0.4, 0.5) is 11.4 Å². The SMILES string of the molecule is CC(C)(C)NC(=S)N=C1SCCN1c1ccc(Cl)cc1[N+](=O)[O-]. The maximum Gasteiger partial charge on any atom is 0.294 e. The number of thiocarbonyl (C=S) groups is 1. The molecule has 2 rings (SSSR count). The van der Waals surface area contributed by atoms with E-state index in [0.29, 0.717) is 27.5 Å². The van der Waals surface area contributed by atoms with Crippen LogP contribution in [0.15, 0.2) is 23.2 Å². The smallest absolute Gasteiger partial charge is 0.294 e. The maximum absolute atomic E-state index is 11.3. The van der Waals surface area contributed by atoms with Crippen LogP contribution in [-0.2, 0) is 0 Å². The Kier molecular flexibility index (Phi) is 5.49. The highest BCUT2D eigenvalue weighted by Gasteiger charge is 2.28. The van der Waals surface area contributed by atoms with E-state index in [1.165, 1.54) is 17.8 Å². The van der Waals surface area contributed by atoms with Gasteiger partial charge in [0, 0.05) is 28.9 Å².